The number of fused-ring (bicyclic) bond motifs is 1. The van der Waals surface area contributed by atoms with E-state index in [0.29, 0.717) is 23.1 Å². The van der Waals surface area contributed by atoms with Crippen LogP contribution in [0.1, 0.15) is 29.3 Å². The van der Waals surface area contributed by atoms with Gasteiger partial charge >= 0.3 is 5.97 Å². The van der Waals surface area contributed by atoms with Crippen LogP contribution >= 0.6 is 0 Å². The second-order valence-corrected chi connectivity index (χ2v) is 6.04. The Bertz CT molecular complexity index is 768. The van der Waals surface area contributed by atoms with E-state index in [1.54, 1.807) is 24.3 Å². The molecule has 3 atom stereocenters. The molecule has 1 saturated heterocycles. The molecule has 0 spiro atoms. The van der Waals surface area contributed by atoms with Crippen LogP contribution in [0.15, 0.2) is 30.0 Å². The minimum atomic E-state index is -1.18. The van der Waals surface area contributed by atoms with Crippen molar-refractivity contribution in [3.05, 3.63) is 41.1 Å². The standard InChI is InChI=1S/C17H18N2O5/c1-8(20)13-12-7-11(14(17(23)24)19(12)16(13)22)9-4-3-5-10(6-9)15(21)18-2/h3-6,8,12-13,20H,7H2,1-2H3,(H,18,21)(H,23,24). The van der Waals surface area contributed by atoms with Crippen molar-refractivity contribution in [3.63, 3.8) is 0 Å². The van der Waals surface area contributed by atoms with Crippen molar-refractivity contribution in [2.45, 2.75) is 25.5 Å². The van der Waals surface area contributed by atoms with Gasteiger partial charge in [-0.2, -0.15) is 0 Å². The van der Waals surface area contributed by atoms with Crippen molar-refractivity contribution in [1.82, 2.24) is 10.2 Å². The largest absolute Gasteiger partial charge is 0.477 e. The van der Waals surface area contributed by atoms with Gasteiger partial charge in [-0.25, -0.2) is 4.79 Å². The van der Waals surface area contributed by atoms with Crippen molar-refractivity contribution < 1.29 is 24.6 Å². The lowest BCUT2D eigenvalue weighted by atomic mass is 9.82. The molecule has 24 heavy (non-hydrogen) atoms. The number of benzene rings is 1. The number of hydrogen-bond acceptors (Lipinski definition) is 4. The number of rotatable bonds is 4. The molecule has 2 aliphatic heterocycles. The number of carboxylic acid groups (broad SMARTS) is 1. The molecule has 1 fully saturated rings. The molecule has 1 aromatic rings. The summed E-state index contributed by atoms with van der Waals surface area (Å²) >= 11 is 0. The summed E-state index contributed by atoms with van der Waals surface area (Å²) in [5, 5.41) is 21.8. The summed E-state index contributed by atoms with van der Waals surface area (Å²) in [6.45, 7) is 1.53. The van der Waals surface area contributed by atoms with Gasteiger partial charge in [0, 0.05) is 12.6 Å². The van der Waals surface area contributed by atoms with Gasteiger partial charge < -0.3 is 20.4 Å². The lowest BCUT2D eigenvalue weighted by molar-refractivity contribution is -0.161. The minimum Gasteiger partial charge on any atom is -0.477 e. The summed E-state index contributed by atoms with van der Waals surface area (Å²) in [6, 6.07) is 6.30. The van der Waals surface area contributed by atoms with Gasteiger partial charge in [0.15, 0.2) is 0 Å². The number of hydrogen-bond donors (Lipinski definition) is 3. The fourth-order valence-electron chi connectivity index (χ4n) is 3.52. The van der Waals surface area contributed by atoms with Crippen LogP contribution in [0.5, 0.6) is 0 Å². The molecule has 0 radical (unpaired) electrons. The number of nitrogens with zero attached hydrogens (tertiary/aromatic N) is 1. The molecule has 126 valence electrons. The zero-order valence-corrected chi connectivity index (χ0v) is 13.3. The summed E-state index contributed by atoms with van der Waals surface area (Å²) < 4.78 is 0. The molecular weight excluding hydrogens is 312 g/mol. The molecule has 7 heteroatoms. The quantitative estimate of drug-likeness (QED) is 0.695. The van der Waals surface area contributed by atoms with Crippen LogP contribution in [0, 0.1) is 5.92 Å². The molecule has 3 N–H and O–H groups in total. The first kappa shape index (κ1) is 16.2. The predicted molar refractivity (Wildman–Crippen MR) is 84.8 cm³/mol. The molecular formula is C17H18N2O5. The third kappa shape index (κ3) is 2.28. The maximum absolute atomic E-state index is 12.2. The van der Waals surface area contributed by atoms with Crippen molar-refractivity contribution in [2.24, 2.45) is 5.92 Å². The van der Waals surface area contributed by atoms with Gasteiger partial charge in [-0.05, 0) is 36.6 Å². The van der Waals surface area contributed by atoms with Crippen LogP contribution in [0.25, 0.3) is 5.57 Å². The normalized spacial score (nSPS) is 23.6. The van der Waals surface area contributed by atoms with Crippen molar-refractivity contribution in [1.29, 1.82) is 0 Å². The molecule has 2 aliphatic rings. The Morgan fingerprint density at radius 1 is 1.38 bits per heavy atom. The van der Waals surface area contributed by atoms with Gasteiger partial charge in [0.05, 0.1) is 18.1 Å². The van der Waals surface area contributed by atoms with Crippen LogP contribution in [-0.2, 0) is 9.59 Å². The maximum Gasteiger partial charge on any atom is 0.352 e. The average Bonchev–Trinajstić information content (AvgIpc) is 2.89. The van der Waals surface area contributed by atoms with E-state index in [1.165, 1.54) is 18.9 Å². The molecule has 2 amide bonds. The third-order valence-electron chi connectivity index (χ3n) is 4.63. The topological polar surface area (TPSA) is 107 Å². The monoisotopic (exact) mass is 330 g/mol. The van der Waals surface area contributed by atoms with Gasteiger partial charge in [0.25, 0.3) is 5.91 Å². The number of β-lactam (4-membered cyclic amide) rings is 1. The number of aliphatic hydroxyl groups is 1. The van der Waals surface area contributed by atoms with Crippen molar-refractivity contribution >= 4 is 23.4 Å². The number of carboxylic acids is 1. The lowest BCUT2D eigenvalue weighted by Gasteiger charge is -2.44. The van der Waals surface area contributed by atoms with E-state index in [9.17, 15) is 24.6 Å². The van der Waals surface area contributed by atoms with E-state index in [2.05, 4.69) is 5.32 Å². The van der Waals surface area contributed by atoms with Crippen molar-refractivity contribution in [2.75, 3.05) is 7.05 Å². The molecule has 7 nitrogen and oxygen atoms in total. The van der Waals surface area contributed by atoms with E-state index < -0.39 is 18.0 Å². The molecule has 3 unspecified atom stereocenters. The third-order valence-corrected chi connectivity index (χ3v) is 4.63. The highest BCUT2D eigenvalue weighted by molar-refractivity contribution is 6.06. The minimum absolute atomic E-state index is 0.0593. The highest BCUT2D eigenvalue weighted by atomic mass is 16.4. The van der Waals surface area contributed by atoms with Crippen LogP contribution in [0.3, 0.4) is 0 Å². The van der Waals surface area contributed by atoms with Crippen LogP contribution in [0.4, 0.5) is 0 Å². The number of amides is 2. The van der Waals surface area contributed by atoms with E-state index in [1.807, 2.05) is 0 Å². The number of aliphatic carboxylic acids is 1. The second-order valence-electron chi connectivity index (χ2n) is 6.04. The zero-order valence-electron chi connectivity index (χ0n) is 13.3. The predicted octanol–water partition coefficient (Wildman–Crippen LogP) is 0.453. The first-order chi connectivity index (χ1) is 11.4. The Hall–Kier alpha value is -2.67. The second kappa shape index (κ2) is 5.76. The molecule has 2 heterocycles. The number of carbonyl (C=O) groups excluding carboxylic acids is 2. The number of carbonyl (C=O) groups is 3. The summed E-state index contributed by atoms with van der Waals surface area (Å²) in [5.74, 6) is -2.41. The van der Waals surface area contributed by atoms with E-state index in [-0.39, 0.29) is 23.6 Å². The van der Waals surface area contributed by atoms with Gasteiger partial charge in [0.1, 0.15) is 5.70 Å². The summed E-state index contributed by atoms with van der Waals surface area (Å²) in [7, 11) is 1.52. The van der Waals surface area contributed by atoms with E-state index in [4.69, 9.17) is 0 Å². The Labute approximate surface area is 138 Å². The SMILES string of the molecule is CNC(=O)c1cccc(C2=C(C(=O)O)N3C(=O)C(C(C)O)C3C2)c1. The summed E-state index contributed by atoms with van der Waals surface area (Å²) in [4.78, 5) is 36.9. The van der Waals surface area contributed by atoms with E-state index >= 15 is 0 Å². The molecule has 0 saturated carbocycles. The molecule has 0 aromatic heterocycles. The smallest absolute Gasteiger partial charge is 0.352 e. The lowest BCUT2D eigenvalue weighted by Crippen LogP contribution is -2.61. The fourth-order valence-corrected chi connectivity index (χ4v) is 3.52. The number of nitrogens with one attached hydrogen (secondary N) is 1. The summed E-state index contributed by atoms with van der Waals surface area (Å²) in [5.41, 5.74) is 1.46. The Morgan fingerprint density at radius 3 is 2.67 bits per heavy atom. The van der Waals surface area contributed by atoms with Gasteiger partial charge in [-0.3, -0.25) is 9.59 Å². The Kier molecular flexibility index (Phi) is 3.88. The van der Waals surface area contributed by atoms with Crippen LogP contribution in [0.2, 0.25) is 0 Å². The average molecular weight is 330 g/mol. The first-order valence-electron chi connectivity index (χ1n) is 7.67. The highest BCUT2D eigenvalue weighted by Gasteiger charge is 2.56. The first-order valence-corrected chi connectivity index (χ1v) is 7.67. The maximum atomic E-state index is 12.2. The fraction of sp³-hybridized carbons (Fsp3) is 0.353. The van der Waals surface area contributed by atoms with Crippen LogP contribution < -0.4 is 5.32 Å². The highest BCUT2D eigenvalue weighted by Crippen LogP contribution is 2.46. The van der Waals surface area contributed by atoms with Gasteiger partial charge in [0.2, 0.25) is 5.91 Å². The summed E-state index contributed by atoms with van der Waals surface area (Å²) in [6.07, 6.45) is -0.481. The Balaban J connectivity index is 2.03. The molecule has 3 rings (SSSR count). The van der Waals surface area contributed by atoms with Gasteiger partial charge in [-0.1, -0.05) is 12.1 Å². The van der Waals surface area contributed by atoms with Crippen LogP contribution in [-0.4, -0.2) is 52.1 Å². The number of aliphatic hydroxyl groups excluding tert-OH is 1. The van der Waals surface area contributed by atoms with Crippen molar-refractivity contribution in [3.8, 4) is 0 Å². The molecule has 1 aromatic carbocycles. The van der Waals surface area contributed by atoms with E-state index in [0.717, 1.165) is 0 Å². The zero-order chi connectivity index (χ0) is 17.6. The Morgan fingerprint density at radius 2 is 2.08 bits per heavy atom. The molecule has 0 aliphatic carbocycles. The van der Waals surface area contributed by atoms with Gasteiger partial charge in [-0.15, -0.1) is 0 Å². The molecule has 0 bridgehead atoms.